The Balaban J connectivity index is 1.90. The maximum Gasteiger partial charge on any atom is 0.246 e. The molecule has 1 aromatic rings. The topological polar surface area (TPSA) is 51.5 Å². The minimum atomic E-state index is -0.287. The lowest BCUT2D eigenvalue weighted by Crippen LogP contribution is -2.35. The first kappa shape index (κ1) is 13.1. The fraction of sp³-hybridized carbons (Fsp3) is 0.643. The number of aryl methyl sites for hydroxylation is 1. The standard InChI is InChI=1S/C14H21NO3/c1-14(2,3)18-9-13(16)15-11-5-4-6-12-10(11)7-8-17-12/h7-8,11H,4-6,9H2,1-3H3,(H,15,16). The van der Waals surface area contributed by atoms with E-state index in [1.807, 2.05) is 26.8 Å². The van der Waals surface area contributed by atoms with E-state index in [0.29, 0.717) is 0 Å². The summed E-state index contributed by atoms with van der Waals surface area (Å²) in [6.45, 7) is 5.92. The van der Waals surface area contributed by atoms with Gasteiger partial charge in [-0.3, -0.25) is 4.79 Å². The third-order valence-corrected chi connectivity index (χ3v) is 3.02. The largest absolute Gasteiger partial charge is 0.469 e. The Bertz CT molecular complexity index is 417. The molecule has 100 valence electrons. The van der Waals surface area contributed by atoms with Crippen molar-refractivity contribution in [1.82, 2.24) is 5.32 Å². The molecule has 0 fully saturated rings. The first-order valence-electron chi connectivity index (χ1n) is 6.45. The number of hydrogen-bond donors (Lipinski definition) is 1. The van der Waals surface area contributed by atoms with E-state index >= 15 is 0 Å². The summed E-state index contributed by atoms with van der Waals surface area (Å²) in [5.41, 5.74) is 0.829. The van der Waals surface area contributed by atoms with Crippen LogP contribution in [0.25, 0.3) is 0 Å². The normalized spacial score (nSPS) is 19.4. The zero-order valence-corrected chi connectivity index (χ0v) is 11.3. The summed E-state index contributed by atoms with van der Waals surface area (Å²) < 4.78 is 10.9. The zero-order valence-electron chi connectivity index (χ0n) is 11.3. The Morgan fingerprint density at radius 3 is 3.06 bits per heavy atom. The lowest BCUT2D eigenvalue weighted by atomic mass is 9.93. The third-order valence-electron chi connectivity index (χ3n) is 3.02. The van der Waals surface area contributed by atoms with Gasteiger partial charge in [-0.15, -0.1) is 0 Å². The number of furan rings is 1. The van der Waals surface area contributed by atoms with Crippen LogP contribution in [0.2, 0.25) is 0 Å². The monoisotopic (exact) mass is 251 g/mol. The third kappa shape index (κ3) is 3.35. The highest BCUT2D eigenvalue weighted by molar-refractivity contribution is 5.77. The number of carbonyl (C=O) groups excluding carboxylic acids is 1. The van der Waals surface area contributed by atoms with Crippen molar-refractivity contribution in [1.29, 1.82) is 0 Å². The maximum absolute atomic E-state index is 11.8. The molecule has 18 heavy (non-hydrogen) atoms. The molecule has 0 bridgehead atoms. The van der Waals surface area contributed by atoms with Crippen LogP contribution in [0.4, 0.5) is 0 Å². The van der Waals surface area contributed by atoms with E-state index in [4.69, 9.17) is 9.15 Å². The van der Waals surface area contributed by atoms with Crippen molar-refractivity contribution < 1.29 is 13.9 Å². The molecule has 0 radical (unpaired) electrons. The molecule has 4 nitrogen and oxygen atoms in total. The van der Waals surface area contributed by atoms with Crippen molar-refractivity contribution in [3.8, 4) is 0 Å². The molecule has 1 unspecified atom stereocenters. The second kappa shape index (κ2) is 5.14. The summed E-state index contributed by atoms with van der Waals surface area (Å²) in [6, 6.07) is 2.02. The minimum Gasteiger partial charge on any atom is -0.469 e. The van der Waals surface area contributed by atoms with Crippen molar-refractivity contribution >= 4 is 5.91 Å². The lowest BCUT2D eigenvalue weighted by Gasteiger charge is -2.24. The average Bonchev–Trinajstić information content (AvgIpc) is 2.74. The van der Waals surface area contributed by atoms with Crippen LogP contribution in [0.15, 0.2) is 16.7 Å². The molecule has 1 aromatic heterocycles. The summed E-state index contributed by atoms with van der Waals surface area (Å²) in [7, 11) is 0. The van der Waals surface area contributed by atoms with Crippen molar-refractivity contribution in [2.45, 2.75) is 51.7 Å². The molecule has 0 spiro atoms. The van der Waals surface area contributed by atoms with Crippen molar-refractivity contribution in [2.24, 2.45) is 0 Å². The van der Waals surface area contributed by atoms with E-state index in [9.17, 15) is 4.79 Å². The highest BCUT2D eigenvalue weighted by Crippen LogP contribution is 2.30. The van der Waals surface area contributed by atoms with Gasteiger partial charge in [0.05, 0.1) is 17.9 Å². The summed E-state index contributed by atoms with van der Waals surface area (Å²) >= 11 is 0. The van der Waals surface area contributed by atoms with E-state index in [1.54, 1.807) is 6.26 Å². The number of nitrogens with one attached hydrogen (secondary N) is 1. The van der Waals surface area contributed by atoms with E-state index in [2.05, 4.69) is 5.32 Å². The second-order valence-electron chi connectivity index (χ2n) is 5.71. The average molecular weight is 251 g/mol. The van der Waals surface area contributed by atoms with Gasteiger partial charge in [0.15, 0.2) is 0 Å². The fourth-order valence-corrected chi connectivity index (χ4v) is 2.15. The van der Waals surface area contributed by atoms with E-state index in [-0.39, 0.29) is 24.2 Å². The molecule has 1 heterocycles. The van der Waals surface area contributed by atoms with Crippen molar-refractivity contribution in [3.63, 3.8) is 0 Å². The van der Waals surface area contributed by atoms with E-state index in [0.717, 1.165) is 30.6 Å². The molecule has 1 aliphatic carbocycles. The molecular formula is C14H21NO3. The van der Waals surface area contributed by atoms with E-state index < -0.39 is 0 Å². The molecule has 0 aromatic carbocycles. The SMILES string of the molecule is CC(C)(C)OCC(=O)NC1CCCc2occc21. The predicted molar refractivity (Wildman–Crippen MR) is 68.2 cm³/mol. The lowest BCUT2D eigenvalue weighted by molar-refractivity contribution is -0.131. The molecular weight excluding hydrogens is 230 g/mol. The first-order chi connectivity index (χ1) is 8.46. The predicted octanol–water partition coefficient (Wildman–Crippen LogP) is 2.59. The van der Waals surface area contributed by atoms with Gasteiger partial charge in [-0.2, -0.15) is 0 Å². The highest BCUT2D eigenvalue weighted by Gasteiger charge is 2.24. The smallest absolute Gasteiger partial charge is 0.246 e. The van der Waals surface area contributed by atoms with E-state index in [1.165, 1.54) is 0 Å². The summed E-state index contributed by atoms with van der Waals surface area (Å²) in [4.78, 5) is 11.8. The maximum atomic E-state index is 11.8. The van der Waals surface area contributed by atoms with Crippen LogP contribution in [0.1, 0.15) is 51.0 Å². The summed E-state index contributed by atoms with van der Waals surface area (Å²) in [6.07, 6.45) is 4.67. The number of amides is 1. The van der Waals surface area contributed by atoms with Gasteiger partial charge in [0.2, 0.25) is 5.91 Å². The summed E-state index contributed by atoms with van der Waals surface area (Å²) in [5.74, 6) is 0.937. The van der Waals surface area contributed by atoms with Gasteiger partial charge >= 0.3 is 0 Å². The fourth-order valence-electron chi connectivity index (χ4n) is 2.15. The Labute approximate surface area is 108 Å². The van der Waals surface area contributed by atoms with Gasteiger partial charge < -0.3 is 14.5 Å². The van der Waals surface area contributed by atoms with Gasteiger partial charge in [0.25, 0.3) is 0 Å². The van der Waals surface area contributed by atoms with Gasteiger partial charge in [0, 0.05) is 12.0 Å². The van der Waals surface area contributed by atoms with Crippen LogP contribution in [0, 0.1) is 0 Å². The Morgan fingerprint density at radius 1 is 1.56 bits per heavy atom. The van der Waals surface area contributed by atoms with Crippen LogP contribution >= 0.6 is 0 Å². The highest BCUT2D eigenvalue weighted by atomic mass is 16.5. The van der Waals surface area contributed by atoms with Crippen LogP contribution in [-0.4, -0.2) is 18.1 Å². The Morgan fingerprint density at radius 2 is 2.33 bits per heavy atom. The second-order valence-corrected chi connectivity index (χ2v) is 5.71. The van der Waals surface area contributed by atoms with Crippen LogP contribution < -0.4 is 5.32 Å². The number of fused-ring (bicyclic) bond motifs is 1. The zero-order chi connectivity index (χ0) is 13.2. The van der Waals surface area contributed by atoms with Gasteiger partial charge in [-0.1, -0.05) is 0 Å². The molecule has 0 aliphatic heterocycles. The first-order valence-corrected chi connectivity index (χ1v) is 6.45. The molecule has 4 heteroatoms. The number of ether oxygens (including phenoxy) is 1. The molecule has 1 N–H and O–H groups in total. The van der Waals surface area contributed by atoms with Gasteiger partial charge in [-0.25, -0.2) is 0 Å². The summed E-state index contributed by atoms with van der Waals surface area (Å²) in [5, 5.41) is 3.01. The van der Waals surface area contributed by atoms with Crippen molar-refractivity contribution in [3.05, 3.63) is 23.7 Å². The Kier molecular flexibility index (Phi) is 3.76. The minimum absolute atomic E-state index is 0.0658. The molecule has 0 saturated heterocycles. The molecule has 2 rings (SSSR count). The molecule has 1 atom stereocenters. The number of rotatable bonds is 3. The quantitative estimate of drug-likeness (QED) is 0.898. The molecule has 1 aliphatic rings. The van der Waals surface area contributed by atoms with Crippen molar-refractivity contribution in [2.75, 3.05) is 6.61 Å². The van der Waals surface area contributed by atoms with Gasteiger partial charge in [-0.05, 0) is 39.7 Å². The molecule has 1 amide bonds. The Hall–Kier alpha value is -1.29. The van der Waals surface area contributed by atoms with Crippen LogP contribution in [0.3, 0.4) is 0 Å². The van der Waals surface area contributed by atoms with Crippen LogP contribution in [0.5, 0.6) is 0 Å². The number of carbonyl (C=O) groups is 1. The van der Waals surface area contributed by atoms with Gasteiger partial charge in [0.1, 0.15) is 12.4 Å². The molecule has 0 saturated carbocycles. The van der Waals surface area contributed by atoms with Crippen LogP contribution in [-0.2, 0) is 16.0 Å². The number of hydrogen-bond acceptors (Lipinski definition) is 3.